The lowest BCUT2D eigenvalue weighted by Crippen LogP contribution is -2.45. The minimum Gasteiger partial charge on any atom is -0.396 e. The monoisotopic (exact) mass is 288 g/mol. The highest BCUT2D eigenvalue weighted by atomic mass is 32.2. The molecule has 7 nitrogen and oxygen atoms in total. The summed E-state index contributed by atoms with van der Waals surface area (Å²) in [4.78, 5) is 6.97. The Kier molecular flexibility index (Phi) is 4.92. The summed E-state index contributed by atoms with van der Waals surface area (Å²) >= 11 is 0. The van der Waals surface area contributed by atoms with Crippen molar-refractivity contribution in [2.24, 2.45) is 5.92 Å². The SMILES string of the molecule is O=S(=O)(NCCc1ncc[nH]1)N1CCC(CO)CC1. The van der Waals surface area contributed by atoms with Gasteiger partial charge in [-0.1, -0.05) is 0 Å². The van der Waals surface area contributed by atoms with Crippen LogP contribution in [0.4, 0.5) is 0 Å². The Bertz CT molecular complexity index is 466. The van der Waals surface area contributed by atoms with Gasteiger partial charge in [0.25, 0.3) is 10.2 Å². The van der Waals surface area contributed by atoms with Gasteiger partial charge in [0.1, 0.15) is 5.82 Å². The molecule has 0 spiro atoms. The number of imidazole rings is 1. The molecule has 0 bridgehead atoms. The lowest BCUT2D eigenvalue weighted by atomic mass is 10.00. The van der Waals surface area contributed by atoms with E-state index in [0.717, 1.165) is 18.7 Å². The average Bonchev–Trinajstić information content (AvgIpc) is 2.92. The summed E-state index contributed by atoms with van der Waals surface area (Å²) in [7, 11) is -3.41. The van der Waals surface area contributed by atoms with Gasteiger partial charge in [-0.15, -0.1) is 0 Å². The van der Waals surface area contributed by atoms with Gasteiger partial charge in [-0.2, -0.15) is 12.7 Å². The van der Waals surface area contributed by atoms with Crippen molar-refractivity contribution in [1.82, 2.24) is 19.0 Å². The number of aromatic nitrogens is 2. The van der Waals surface area contributed by atoms with Crippen molar-refractivity contribution in [2.75, 3.05) is 26.2 Å². The maximum Gasteiger partial charge on any atom is 0.279 e. The van der Waals surface area contributed by atoms with Gasteiger partial charge >= 0.3 is 0 Å². The molecule has 0 radical (unpaired) electrons. The van der Waals surface area contributed by atoms with Crippen molar-refractivity contribution < 1.29 is 13.5 Å². The zero-order chi connectivity index (χ0) is 13.7. The highest BCUT2D eigenvalue weighted by Crippen LogP contribution is 2.18. The van der Waals surface area contributed by atoms with Gasteiger partial charge in [0, 0.05) is 45.1 Å². The van der Waals surface area contributed by atoms with Gasteiger partial charge in [0.05, 0.1) is 0 Å². The molecule has 1 aromatic rings. The third-order valence-corrected chi connectivity index (χ3v) is 4.99. The highest BCUT2D eigenvalue weighted by molar-refractivity contribution is 7.87. The summed E-state index contributed by atoms with van der Waals surface area (Å²) in [5.41, 5.74) is 0. The lowest BCUT2D eigenvalue weighted by molar-refractivity contribution is 0.169. The first-order valence-corrected chi connectivity index (χ1v) is 7.89. The van der Waals surface area contributed by atoms with Crippen LogP contribution in [0.25, 0.3) is 0 Å². The van der Waals surface area contributed by atoms with E-state index in [1.54, 1.807) is 12.4 Å². The minimum atomic E-state index is -3.41. The molecule has 3 N–H and O–H groups in total. The smallest absolute Gasteiger partial charge is 0.279 e. The van der Waals surface area contributed by atoms with Gasteiger partial charge in [0.15, 0.2) is 0 Å². The van der Waals surface area contributed by atoms with E-state index in [1.165, 1.54) is 4.31 Å². The first kappa shape index (κ1) is 14.4. The topological polar surface area (TPSA) is 98.3 Å². The lowest BCUT2D eigenvalue weighted by Gasteiger charge is -2.30. The Hall–Kier alpha value is -0.960. The molecule has 108 valence electrons. The number of aliphatic hydroxyl groups excluding tert-OH is 1. The molecule has 19 heavy (non-hydrogen) atoms. The Morgan fingerprint density at radius 1 is 1.47 bits per heavy atom. The second-order valence-corrected chi connectivity index (χ2v) is 6.47. The maximum absolute atomic E-state index is 12.0. The second kappa shape index (κ2) is 6.47. The zero-order valence-corrected chi connectivity index (χ0v) is 11.6. The summed E-state index contributed by atoms with van der Waals surface area (Å²) in [5, 5.41) is 9.03. The summed E-state index contributed by atoms with van der Waals surface area (Å²) in [5.74, 6) is 0.997. The van der Waals surface area contributed by atoms with Crippen LogP contribution in [0.2, 0.25) is 0 Å². The first-order valence-electron chi connectivity index (χ1n) is 6.45. The Labute approximate surface area is 113 Å². The van der Waals surface area contributed by atoms with E-state index < -0.39 is 10.2 Å². The van der Waals surface area contributed by atoms with Crippen molar-refractivity contribution in [3.05, 3.63) is 18.2 Å². The first-order chi connectivity index (χ1) is 9.12. The Morgan fingerprint density at radius 2 is 2.21 bits per heavy atom. The second-order valence-electron chi connectivity index (χ2n) is 4.71. The number of hydrogen-bond donors (Lipinski definition) is 3. The molecule has 0 amide bonds. The van der Waals surface area contributed by atoms with Crippen LogP contribution in [-0.2, 0) is 16.6 Å². The molecule has 0 aliphatic carbocycles. The fourth-order valence-electron chi connectivity index (χ4n) is 2.16. The molecule has 8 heteroatoms. The molecular weight excluding hydrogens is 268 g/mol. The van der Waals surface area contributed by atoms with Crippen LogP contribution in [0.1, 0.15) is 18.7 Å². The largest absolute Gasteiger partial charge is 0.396 e. The van der Waals surface area contributed by atoms with Crippen molar-refractivity contribution >= 4 is 10.2 Å². The fourth-order valence-corrected chi connectivity index (χ4v) is 3.39. The van der Waals surface area contributed by atoms with Crippen LogP contribution >= 0.6 is 0 Å². The van der Waals surface area contributed by atoms with Crippen LogP contribution in [0, 0.1) is 5.92 Å². The Balaban J connectivity index is 1.78. The maximum atomic E-state index is 12.0. The molecule has 0 atom stereocenters. The standard InChI is InChI=1S/C11H20N4O3S/c16-9-10-2-7-15(8-3-10)19(17,18)14-4-1-11-12-5-6-13-11/h5-6,10,14,16H,1-4,7-9H2,(H,12,13). The molecule has 1 aromatic heterocycles. The number of piperidine rings is 1. The van der Waals surface area contributed by atoms with Crippen LogP contribution in [0.15, 0.2) is 12.4 Å². The van der Waals surface area contributed by atoms with E-state index >= 15 is 0 Å². The molecule has 1 fully saturated rings. The number of aliphatic hydroxyl groups is 1. The van der Waals surface area contributed by atoms with Crippen molar-refractivity contribution in [2.45, 2.75) is 19.3 Å². The van der Waals surface area contributed by atoms with Crippen LogP contribution < -0.4 is 4.72 Å². The molecule has 0 saturated carbocycles. The summed E-state index contributed by atoms with van der Waals surface area (Å²) in [6.45, 7) is 1.41. The van der Waals surface area contributed by atoms with Crippen molar-refractivity contribution in [3.8, 4) is 0 Å². The molecular formula is C11H20N4O3S. The predicted octanol–water partition coefficient (Wildman–Crippen LogP) is -0.509. The quantitative estimate of drug-likeness (QED) is 0.656. The van der Waals surface area contributed by atoms with E-state index in [9.17, 15) is 8.42 Å². The number of aromatic amines is 1. The van der Waals surface area contributed by atoms with E-state index in [4.69, 9.17) is 5.11 Å². The fraction of sp³-hybridized carbons (Fsp3) is 0.727. The molecule has 2 rings (SSSR count). The molecule has 0 aromatic carbocycles. The summed E-state index contributed by atoms with van der Waals surface area (Å²) in [6.07, 6.45) is 5.33. The van der Waals surface area contributed by atoms with Gasteiger partial charge in [-0.25, -0.2) is 9.71 Å². The highest BCUT2D eigenvalue weighted by Gasteiger charge is 2.27. The van der Waals surface area contributed by atoms with Crippen LogP contribution in [0.5, 0.6) is 0 Å². The molecule has 2 heterocycles. The van der Waals surface area contributed by atoms with Gasteiger partial charge < -0.3 is 10.1 Å². The van der Waals surface area contributed by atoms with Gasteiger partial charge in [0.2, 0.25) is 0 Å². The van der Waals surface area contributed by atoms with E-state index in [0.29, 0.717) is 26.1 Å². The molecule has 0 unspecified atom stereocenters. The summed E-state index contributed by atoms with van der Waals surface area (Å²) in [6, 6.07) is 0. The van der Waals surface area contributed by atoms with E-state index in [1.807, 2.05) is 0 Å². The molecule has 1 aliphatic rings. The number of nitrogens with zero attached hydrogens (tertiary/aromatic N) is 2. The number of H-pyrrole nitrogens is 1. The minimum absolute atomic E-state index is 0.139. The Morgan fingerprint density at radius 3 is 2.79 bits per heavy atom. The number of hydrogen-bond acceptors (Lipinski definition) is 4. The van der Waals surface area contributed by atoms with Gasteiger partial charge in [-0.05, 0) is 18.8 Å². The summed E-state index contributed by atoms with van der Waals surface area (Å²) < 4.78 is 28.1. The van der Waals surface area contributed by atoms with Gasteiger partial charge in [-0.3, -0.25) is 0 Å². The number of nitrogens with one attached hydrogen (secondary N) is 2. The van der Waals surface area contributed by atoms with E-state index in [-0.39, 0.29) is 12.5 Å². The van der Waals surface area contributed by atoms with Crippen molar-refractivity contribution in [1.29, 1.82) is 0 Å². The zero-order valence-electron chi connectivity index (χ0n) is 10.7. The van der Waals surface area contributed by atoms with Crippen molar-refractivity contribution in [3.63, 3.8) is 0 Å². The average molecular weight is 288 g/mol. The van der Waals surface area contributed by atoms with Crippen LogP contribution in [0.3, 0.4) is 0 Å². The molecule has 1 aliphatic heterocycles. The van der Waals surface area contributed by atoms with E-state index in [2.05, 4.69) is 14.7 Å². The van der Waals surface area contributed by atoms with Crippen LogP contribution in [-0.4, -0.2) is 54.0 Å². The third kappa shape index (κ3) is 4.00. The molecule has 1 saturated heterocycles. The predicted molar refractivity (Wildman–Crippen MR) is 70.6 cm³/mol. The number of rotatable bonds is 6. The normalized spacial score (nSPS) is 18.8. The third-order valence-electron chi connectivity index (χ3n) is 3.37.